The number of sulfone groups is 1. The van der Waals surface area contributed by atoms with Crippen molar-refractivity contribution in [1.29, 1.82) is 0 Å². The second-order valence-electron chi connectivity index (χ2n) is 19.6. The Bertz CT molecular complexity index is 1740. The number of ether oxygens (including phenoxy) is 6. The number of carbonyl (C=O) groups is 2. The van der Waals surface area contributed by atoms with E-state index in [-0.39, 0.29) is 59.0 Å². The summed E-state index contributed by atoms with van der Waals surface area (Å²) in [6.45, 7) is 28.2. The monoisotopic (exact) mass is 861 g/mol. The average molecular weight is 862 g/mol. The van der Waals surface area contributed by atoms with Crippen LogP contribution >= 0.6 is 0 Å². The molecule has 0 aromatic heterocycles. The first-order valence-electron chi connectivity index (χ1n) is 21.5. The van der Waals surface area contributed by atoms with Crippen molar-refractivity contribution in [2.75, 3.05) is 26.0 Å². The molecule has 12 nitrogen and oxygen atoms in total. The lowest BCUT2D eigenvalue weighted by atomic mass is 9.83. The zero-order chi connectivity index (χ0) is 43.5. The van der Waals surface area contributed by atoms with Crippen LogP contribution in [-0.2, 0) is 42.7 Å². The normalized spacial score (nSPS) is 30.9. The molecular weight excluding hydrogens is 791 g/mol. The summed E-state index contributed by atoms with van der Waals surface area (Å²) >= 11 is 0. The molecule has 3 unspecified atom stereocenters. The molecule has 0 spiro atoms. The quantitative estimate of drug-likeness (QED) is 0.0895. The van der Waals surface area contributed by atoms with Crippen LogP contribution in [0.5, 0.6) is 0 Å². The maximum atomic E-state index is 13.9. The van der Waals surface area contributed by atoms with Crippen molar-refractivity contribution in [3.63, 3.8) is 0 Å². The lowest BCUT2D eigenvalue weighted by molar-refractivity contribution is -0.0766. The number of cyclic esters (lactones) is 1. The number of methoxy groups -OCH3 is 1. The first kappa shape index (κ1) is 47.5. The molecule has 14 heteroatoms. The van der Waals surface area contributed by atoms with E-state index in [1.807, 2.05) is 0 Å². The van der Waals surface area contributed by atoms with Gasteiger partial charge in [0.05, 0.1) is 59.9 Å². The number of rotatable bonds is 16. The second-order valence-corrected chi connectivity index (χ2v) is 26.5. The van der Waals surface area contributed by atoms with Crippen molar-refractivity contribution in [2.24, 2.45) is 11.8 Å². The van der Waals surface area contributed by atoms with Crippen molar-refractivity contribution in [3.05, 3.63) is 54.6 Å². The van der Waals surface area contributed by atoms with Gasteiger partial charge in [0, 0.05) is 32.5 Å². The van der Waals surface area contributed by atoms with E-state index in [0.29, 0.717) is 6.42 Å². The third-order valence-electron chi connectivity index (χ3n) is 12.8. The van der Waals surface area contributed by atoms with Gasteiger partial charge >= 0.3 is 12.2 Å². The highest BCUT2D eigenvalue weighted by molar-refractivity contribution is 7.91. The Hall–Kier alpha value is -2.59. The third kappa shape index (κ3) is 12.3. The molecular formula is C45H71NO11SSi. The first-order chi connectivity index (χ1) is 27.5. The minimum absolute atomic E-state index is 0.0197. The molecule has 332 valence electrons. The third-order valence-corrected chi connectivity index (χ3v) is 19.2. The Morgan fingerprint density at radius 2 is 1.59 bits per heavy atom. The van der Waals surface area contributed by atoms with Crippen molar-refractivity contribution in [2.45, 2.75) is 177 Å². The Morgan fingerprint density at radius 3 is 2.24 bits per heavy atom. The Morgan fingerprint density at radius 1 is 0.915 bits per heavy atom. The fourth-order valence-electron chi connectivity index (χ4n) is 8.46. The summed E-state index contributed by atoms with van der Waals surface area (Å²) in [7, 11) is -3.98. The Balaban J connectivity index is 1.23. The van der Waals surface area contributed by atoms with E-state index in [2.05, 4.69) is 53.9 Å². The van der Waals surface area contributed by atoms with Gasteiger partial charge in [0.25, 0.3) is 0 Å². The topological polar surface area (TPSA) is 136 Å². The van der Waals surface area contributed by atoms with E-state index >= 15 is 0 Å². The molecule has 4 heterocycles. The number of nitrogens with zero attached hydrogens (tertiary/aromatic N) is 1. The fourth-order valence-corrected chi connectivity index (χ4v) is 11.2. The van der Waals surface area contributed by atoms with Gasteiger partial charge in [-0.05, 0) is 107 Å². The zero-order valence-electron chi connectivity index (χ0n) is 37.2. The summed E-state index contributed by atoms with van der Waals surface area (Å²) in [5.41, 5.74) is 1.29. The summed E-state index contributed by atoms with van der Waals surface area (Å²) in [6, 6.07) is 8.38. The van der Waals surface area contributed by atoms with E-state index in [1.54, 1.807) is 58.2 Å². The molecule has 10 atom stereocenters. The Labute approximate surface area is 354 Å². The smallest absolute Gasteiger partial charge is 0.419 e. The molecule has 4 aliphatic rings. The predicted molar refractivity (Wildman–Crippen MR) is 230 cm³/mol. The van der Waals surface area contributed by atoms with Gasteiger partial charge in [-0.15, -0.1) is 0 Å². The molecule has 4 fully saturated rings. The molecule has 4 aliphatic heterocycles. The molecule has 1 aromatic carbocycles. The number of carbonyl (C=O) groups excluding carboxylic acids is 2. The largest absolute Gasteiger partial charge is 0.444 e. The molecule has 0 N–H and O–H groups in total. The van der Waals surface area contributed by atoms with Crippen molar-refractivity contribution in [3.8, 4) is 0 Å². The van der Waals surface area contributed by atoms with Crippen LogP contribution in [0.2, 0.25) is 18.1 Å². The van der Waals surface area contributed by atoms with Gasteiger partial charge in [0.2, 0.25) is 0 Å². The molecule has 0 bridgehead atoms. The first-order valence-corrected chi connectivity index (χ1v) is 26.0. The summed E-state index contributed by atoms with van der Waals surface area (Å²) in [5, 5.41) is 0.186. The van der Waals surface area contributed by atoms with Gasteiger partial charge in [-0.1, -0.05) is 59.1 Å². The molecule has 0 radical (unpaired) electrons. The number of imide groups is 1. The van der Waals surface area contributed by atoms with Gasteiger partial charge in [-0.2, -0.15) is 0 Å². The average Bonchev–Trinajstić information content (AvgIpc) is 3.79. The van der Waals surface area contributed by atoms with Crippen LogP contribution in [0, 0.1) is 11.8 Å². The molecule has 4 saturated heterocycles. The van der Waals surface area contributed by atoms with E-state index in [4.69, 9.17) is 32.8 Å². The standard InChI is InChI=1S/C45H71NO11SSi/c1-29-23-33(20-21-37-30(2)24-32(53-37)17-16-22-52-59(11,12)45(7,8)9)54-38(31(29)3)26-39-36(28-58(49,50)35-18-14-13-15-19-35)41(51-10)40(56-39)25-34-27-46(42(47)55-34)43(48)57-44(4,5)6/h13-15,18-19,29,32-34,36-41H,2-3,16-17,20-28H2,1,4-12H3/t29-,32+,33+,34+,36+,37?,38-,39?,40?,41-/m1/s1. The summed E-state index contributed by atoms with van der Waals surface area (Å²) in [5.74, 6) is -0.604. The van der Waals surface area contributed by atoms with E-state index < -0.39 is 66.3 Å². The highest BCUT2D eigenvalue weighted by Gasteiger charge is 2.51. The van der Waals surface area contributed by atoms with Gasteiger partial charge < -0.3 is 32.8 Å². The van der Waals surface area contributed by atoms with E-state index in [9.17, 15) is 18.0 Å². The molecule has 0 aliphatic carbocycles. The summed E-state index contributed by atoms with van der Waals surface area (Å²) < 4.78 is 71.2. The van der Waals surface area contributed by atoms with Gasteiger partial charge in [0.15, 0.2) is 18.2 Å². The number of hydrogen-bond acceptors (Lipinski definition) is 11. The maximum absolute atomic E-state index is 13.9. The predicted octanol–water partition coefficient (Wildman–Crippen LogP) is 9.04. The summed E-state index contributed by atoms with van der Waals surface area (Å²) in [6.07, 6.45) is 1.35. The summed E-state index contributed by atoms with van der Waals surface area (Å²) in [4.78, 5) is 26.7. The molecule has 59 heavy (non-hydrogen) atoms. The van der Waals surface area contributed by atoms with Crippen LogP contribution in [0.4, 0.5) is 9.59 Å². The molecule has 1 aromatic rings. The van der Waals surface area contributed by atoms with Crippen LogP contribution in [0.25, 0.3) is 0 Å². The van der Waals surface area contributed by atoms with Crippen molar-refractivity contribution >= 4 is 30.3 Å². The lowest BCUT2D eigenvalue weighted by Gasteiger charge is -2.38. The maximum Gasteiger partial charge on any atom is 0.419 e. The van der Waals surface area contributed by atoms with Crippen LogP contribution in [0.1, 0.15) is 99.8 Å². The number of hydrogen-bond donors (Lipinski definition) is 0. The fraction of sp³-hybridized carbons (Fsp3) is 0.733. The van der Waals surface area contributed by atoms with Crippen LogP contribution in [0.15, 0.2) is 59.5 Å². The zero-order valence-corrected chi connectivity index (χ0v) is 39.0. The minimum atomic E-state index is -3.75. The van der Waals surface area contributed by atoms with Gasteiger partial charge in [0.1, 0.15) is 11.7 Å². The van der Waals surface area contributed by atoms with Crippen molar-refractivity contribution in [1.82, 2.24) is 4.90 Å². The lowest BCUT2D eigenvalue weighted by Crippen LogP contribution is -2.41. The SMILES string of the molecule is C=C1C[C@H](CCCO[Si](C)(C)C(C)(C)C)OC1CC[C@H]1C[C@@H](C)C(=C)[C@@H](CC2OC(C[C@H]3CN(C(=O)OC(C)(C)C)C(=O)O3)[C@H](OC)[C@H]2CS(=O)(=O)c2ccccc2)O1. The van der Waals surface area contributed by atoms with Crippen LogP contribution in [0.3, 0.4) is 0 Å². The second kappa shape index (κ2) is 19.2. The highest BCUT2D eigenvalue weighted by Crippen LogP contribution is 2.42. The minimum Gasteiger partial charge on any atom is -0.444 e. The molecule has 5 rings (SSSR count). The Kier molecular flexibility index (Phi) is 15.4. The van der Waals surface area contributed by atoms with E-state index in [1.165, 1.54) is 0 Å². The van der Waals surface area contributed by atoms with Crippen LogP contribution < -0.4 is 0 Å². The molecule has 2 amide bonds. The van der Waals surface area contributed by atoms with Gasteiger partial charge in [-0.25, -0.2) is 22.9 Å². The van der Waals surface area contributed by atoms with Crippen molar-refractivity contribution < 1.29 is 50.9 Å². The van der Waals surface area contributed by atoms with Crippen LogP contribution in [-0.4, -0.2) is 114 Å². The number of benzene rings is 1. The van der Waals surface area contributed by atoms with Gasteiger partial charge in [-0.3, -0.25) is 0 Å². The molecule has 0 saturated carbocycles. The van der Waals surface area contributed by atoms with E-state index in [0.717, 1.165) is 61.2 Å². The highest BCUT2D eigenvalue weighted by atomic mass is 32.2. The number of amides is 2.